The van der Waals surface area contributed by atoms with Crippen molar-refractivity contribution in [1.82, 2.24) is 0 Å². The van der Waals surface area contributed by atoms with Crippen LogP contribution in [0.4, 0.5) is 18.9 Å². The first kappa shape index (κ1) is 21.5. The highest BCUT2D eigenvalue weighted by Crippen LogP contribution is 2.34. The van der Waals surface area contributed by atoms with Crippen LogP contribution in [0.5, 0.6) is 0 Å². The molecule has 0 unspecified atom stereocenters. The standard InChI is InChI=1S/C20H15F3N4O2/c1-13(28)18(26-25)19(29)27(10-9-14-5-3-2-4-6-14)16-8-7-15(12-24)17(11-16)20(21,22)23/h2-8,11H,9-10H2,1H3. The molecule has 0 radical (unpaired) electrons. The third kappa shape index (κ3) is 5.15. The van der Waals surface area contributed by atoms with Crippen molar-refractivity contribution < 1.29 is 27.6 Å². The van der Waals surface area contributed by atoms with Gasteiger partial charge in [-0.1, -0.05) is 30.3 Å². The van der Waals surface area contributed by atoms with E-state index in [9.17, 15) is 22.8 Å². The number of carbonyl (C=O) groups is 2. The van der Waals surface area contributed by atoms with Gasteiger partial charge < -0.3 is 10.4 Å². The molecule has 2 rings (SSSR count). The van der Waals surface area contributed by atoms with E-state index in [0.29, 0.717) is 6.07 Å². The molecule has 0 aliphatic carbocycles. The van der Waals surface area contributed by atoms with Crippen LogP contribution in [0.2, 0.25) is 0 Å². The van der Waals surface area contributed by atoms with E-state index in [0.717, 1.165) is 23.5 Å². The molecule has 29 heavy (non-hydrogen) atoms. The normalized spacial score (nSPS) is 10.6. The molecule has 0 spiro atoms. The summed E-state index contributed by atoms with van der Waals surface area (Å²) in [4.78, 5) is 27.9. The van der Waals surface area contributed by atoms with E-state index in [2.05, 4.69) is 4.79 Å². The number of Topliss-reactive ketones (excluding diaryl/α,β-unsaturated/α-hetero) is 1. The number of hydrogen-bond donors (Lipinski definition) is 0. The first-order valence-corrected chi connectivity index (χ1v) is 8.39. The Balaban J connectivity index is 2.52. The van der Waals surface area contributed by atoms with Crippen LogP contribution in [0, 0.1) is 11.3 Å². The summed E-state index contributed by atoms with van der Waals surface area (Å²) in [5, 5.41) is 8.94. The predicted octanol–water partition coefficient (Wildman–Crippen LogP) is 3.41. The molecule has 0 atom stereocenters. The first-order valence-electron chi connectivity index (χ1n) is 8.39. The maximum absolute atomic E-state index is 13.3. The number of rotatable bonds is 6. The second-order valence-corrected chi connectivity index (χ2v) is 6.04. The number of nitriles is 1. The van der Waals surface area contributed by atoms with Crippen LogP contribution in [-0.4, -0.2) is 28.7 Å². The number of anilines is 1. The summed E-state index contributed by atoms with van der Waals surface area (Å²) in [6.07, 6.45) is -4.55. The molecule has 148 valence electrons. The van der Waals surface area contributed by atoms with Gasteiger partial charge in [0.2, 0.25) is 5.78 Å². The largest absolute Gasteiger partial charge is 0.421 e. The number of amides is 1. The maximum atomic E-state index is 13.3. The van der Waals surface area contributed by atoms with Gasteiger partial charge in [0.15, 0.2) is 0 Å². The molecular weight excluding hydrogens is 385 g/mol. The predicted molar refractivity (Wildman–Crippen MR) is 98.0 cm³/mol. The number of benzene rings is 2. The summed E-state index contributed by atoms with van der Waals surface area (Å²) in [6, 6.07) is 13.1. The van der Waals surface area contributed by atoms with E-state index in [1.807, 2.05) is 0 Å². The SMILES string of the molecule is CC(=O)C(=[N+]=[N-])C(=O)N(CCc1ccccc1)c1ccc(C#N)c(C(F)(F)F)c1. The second-order valence-electron chi connectivity index (χ2n) is 6.04. The number of alkyl halides is 3. The minimum Gasteiger partial charge on any atom is -0.360 e. The van der Waals surface area contributed by atoms with E-state index in [-0.39, 0.29) is 18.7 Å². The van der Waals surface area contributed by atoms with Crippen LogP contribution in [0.3, 0.4) is 0 Å². The molecule has 9 heteroatoms. The van der Waals surface area contributed by atoms with Gasteiger partial charge in [0, 0.05) is 19.2 Å². The van der Waals surface area contributed by atoms with Crippen LogP contribution in [0.15, 0.2) is 48.5 Å². The molecule has 1 amide bonds. The van der Waals surface area contributed by atoms with E-state index >= 15 is 0 Å². The van der Waals surface area contributed by atoms with Gasteiger partial charge in [-0.3, -0.25) is 9.59 Å². The molecule has 6 nitrogen and oxygen atoms in total. The van der Waals surface area contributed by atoms with Crippen molar-refractivity contribution in [3.05, 3.63) is 70.8 Å². The van der Waals surface area contributed by atoms with Crippen molar-refractivity contribution in [3.8, 4) is 6.07 Å². The molecule has 0 bridgehead atoms. The molecular formula is C20H15F3N4O2. The molecule has 2 aromatic carbocycles. The fourth-order valence-corrected chi connectivity index (χ4v) is 2.66. The van der Waals surface area contributed by atoms with Crippen molar-refractivity contribution in [2.45, 2.75) is 19.5 Å². The van der Waals surface area contributed by atoms with Gasteiger partial charge in [-0.05, 0) is 30.2 Å². The second kappa shape index (κ2) is 8.95. The summed E-state index contributed by atoms with van der Waals surface area (Å²) >= 11 is 0. The Labute approximate surface area is 164 Å². The molecule has 0 heterocycles. The van der Waals surface area contributed by atoms with E-state index in [1.54, 1.807) is 30.3 Å². The Morgan fingerprint density at radius 2 is 1.83 bits per heavy atom. The summed E-state index contributed by atoms with van der Waals surface area (Å²) in [5.41, 5.74) is 7.02. The molecule has 0 saturated heterocycles. The van der Waals surface area contributed by atoms with Gasteiger partial charge in [-0.2, -0.15) is 23.2 Å². The average molecular weight is 400 g/mol. The summed E-state index contributed by atoms with van der Waals surface area (Å²) in [5.74, 6) is -1.89. The lowest BCUT2D eigenvalue weighted by Crippen LogP contribution is -2.41. The molecule has 2 aromatic rings. The van der Waals surface area contributed by atoms with E-state index in [4.69, 9.17) is 10.8 Å². The van der Waals surface area contributed by atoms with Crippen molar-refractivity contribution in [2.24, 2.45) is 0 Å². The fraction of sp³-hybridized carbons (Fsp3) is 0.200. The van der Waals surface area contributed by atoms with Crippen LogP contribution < -0.4 is 4.90 Å². The number of halogens is 3. The van der Waals surface area contributed by atoms with Crippen molar-refractivity contribution in [3.63, 3.8) is 0 Å². The summed E-state index contributed by atoms with van der Waals surface area (Å²) < 4.78 is 39.9. The minimum atomic E-state index is -4.82. The lowest BCUT2D eigenvalue weighted by molar-refractivity contribution is -0.137. The van der Waals surface area contributed by atoms with Gasteiger partial charge in [0.1, 0.15) is 0 Å². The third-order valence-electron chi connectivity index (χ3n) is 4.09. The van der Waals surface area contributed by atoms with Crippen LogP contribution in [0.25, 0.3) is 5.53 Å². The quantitative estimate of drug-likeness (QED) is 0.322. The van der Waals surface area contributed by atoms with Crippen molar-refractivity contribution in [1.29, 1.82) is 5.26 Å². The van der Waals surface area contributed by atoms with Crippen LogP contribution in [0.1, 0.15) is 23.6 Å². The van der Waals surface area contributed by atoms with Crippen LogP contribution in [-0.2, 0) is 22.2 Å². The smallest absolute Gasteiger partial charge is 0.360 e. The first-order chi connectivity index (χ1) is 13.7. The fourth-order valence-electron chi connectivity index (χ4n) is 2.66. The molecule has 0 aliphatic rings. The average Bonchev–Trinajstić information content (AvgIpc) is 2.68. The zero-order valence-corrected chi connectivity index (χ0v) is 15.3. The zero-order chi connectivity index (χ0) is 21.6. The number of ketones is 1. The van der Waals surface area contributed by atoms with Gasteiger partial charge >= 0.3 is 17.8 Å². The number of hydrogen-bond acceptors (Lipinski definition) is 3. The Morgan fingerprint density at radius 1 is 1.17 bits per heavy atom. The lowest BCUT2D eigenvalue weighted by atomic mass is 10.1. The summed E-state index contributed by atoms with van der Waals surface area (Å²) in [6.45, 7) is 0.917. The van der Waals surface area contributed by atoms with E-state index < -0.39 is 34.7 Å². The minimum absolute atomic E-state index is 0.0850. The third-order valence-corrected chi connectivity index (χ3v) is 4.09. The maximum Gasteiger partial charge on any atom is 0.421 e. The Morgan fingerprint density at radius 3 is 2.34 bits per heavy atom. The Bertz CT molecular complexity index is 1020. The van der Waals surface area contributed by atoms with Crippen molar-refractivity contribution in [2.75, 3.05) is 11.4 Å². The molecule has 0 N–H and O–H groups in total. The van der Waals surface area contributed by atoms with Gasteiger partial charge in [-0.15, -0.1) is 0 Å². The van der Waals surface area contributed by atoms with Gasteiger partial charge in [-0.25, -0.2) is 0 Å². The van der Waals surface area contributed by atoms with Crippen molar-refractivity contribution >= 4 is 23.1 Å². The van der Waals surface area contributed by atoms with E-state index in [1.165, 1.54) is 12.1 Å². The van der Waals surface area contributed by atoms with Crippen LogP contribution >= 0.6 is 0 Å². The molecule has 0 aromatic heterocycles. The molecule has 0 fully saturated rings. The number of carbonyl (C=O) groups excluding carboxylic acids is 2. The molecule has 0 aliphatic heterocycles. The highest BCUT2D eigenvalue weighted by atomic mass is 19.4. The Hall–Kier alpha value is -3.76. The highest BCUT2D eigenvalue weighted by Gasteiger charge is 2.36. The Kier molecular flexibility index (Phi) is 6.65. The lowest BCUT2D eigenvalue weighted by Gasteiger charge is -2.22. The molecule has 0 saturated carbocycles. The zero-order valence-electron chi connectivity index (χ0n) is 15.3. The van der Waals surface area contributed by atoms with Gasteiger partial charge in [0.25, 0.3) is 0 Å². The monoisotopic (exact) mass is 400 g/mol. The summed E-state index contributed by atoms with van der Waals surface area (Å²) in [7, 11) is 0. The van der Waals surface area contributed by atoms with Gasteiger partial charge in [0.05, 0.1) is 17.2 Å². The topological polar surface area (TPSA) is 97.6 Å². The highest BCUT2D eigenvalue weighted by molar-refractivity contribution is 6.65. The number of nitrogens with zero attached hydrogens (tertiary/aromatic N) is 4.